The molecule has 0 heterocycles. The van der Waals surface area contributed by atoms with Crippen LogP contribution >= 0.6 is 23.2 Å². The molecule has 0 amide bonds. The topological polar surface area (TPSA) is 23.5 Å². The zero-order chi connectivity index (χ0) is 15.6. The molecule has 0 aliphatic carbocycles. The number of hydrogen-bond acceptors (Lipinski definition) is 2. The maximum absolute atomic E-state index is 9.61. The first-order valence-corrected chi connectivity index (χ1v) is 7.61. The predicted octanol–water partition coefficient (Wildman–Crippen LogP) is 5.24. The highest BCUT2D eigenvalue weighted by molar-refractivity contribution is 6.33. The van der Waals surface area contributed by atoms with Crippen LogP contribution in [0.5, 0.6) is 0 Å². The van der Waals surface area contributed by atoms with E-state index in [-0.39, 0.29) is 6.04 Å². The molecular formula is C17H19Cl2NO. The van der Waals surface area contributed by atoms with E-state index in [1.807, 2.05) is 49.5 Å². The van der Waals surface area contributed by atoms with E-state index in [2.05, 4.69) is 11.8 Å². The Morgan fingerprint density at radius 1 is 0.952 bits per heavy atom. The summed E-state index contributed by atoms with van der Waals surface area (Å²) in [6.45, 7) is 3.84. The second-order valence-electron chi connectivity index (χ2n) is 5.23. The normalized spacial score (nSPS) is 13.8. The third-order valence-corrected chi connectivity index (χ3v) is 4.32. The summed E-state index contributed by atoms with van der Waals surface area (Å²) in [5.41, 5.74) is 2.91. The molecule has 2 aromatic rings. The van der Waals surface area contributed by atoms with Gasteiger partial charge in [0.05, 0.1) is 22.9 Å². The molecule has 0 bridgehead atoms. The summed E-state index contributed by atoms with van der Waals surface area (Å²) >= 11 is 12.3. The molecule has 0 aliphatic heterocycles. The van der Waals surface area contributed by atoms with Crippen LogP contribution in [0.2, 0.25) is 10.0 Å². The third kappa shape index (κ3) is 3.70. The molecule has 2 nitrogen and oxygen atoms in total. The smallest absolute Gasteiger partial charge is 0.0762 e. The Balaban J connectivity index is 2.26. The SMILES string of the molecule is CC(c1ccc(Cl)cc1)N(C)c1ccc([C@@H](C)O)cc1Cl. The van der Waals surface area contributed by atoms with Gasteiger partial charge in [-0.25, -0.2) is 0 Å². The summed E-state index contributed by atoms with van der Waals surface area (Å²) in [4.78, 5) is 2.11. The maximum Gasteiger partial charge on any atom is 0.0762 e. The van der Waals surface area contributed by atoms with Crippen molar-refractivity contribution < 1.29 is 5.11 Å². The molecule has 4 heteroatoms. The first-order valence-electron chi connectivity index (χ1n) is 6.86. The summed E-state index contributed by atoms with van der Waals surface area (Å²) in [6, 6.07) is 13.6. The van der Waals surface area contributed by atoms with Gasteiger partial charge in [-0.1, -0.05) is 41.4 Å². The fraction of sp³-hybridized carbons (Fsp3) is 0.294. The molecule has 1 unspecified atom stereocenters. The summed E-state index contributed by atoms with van der Waals surface area (Å²) in [5, 5.41) is 11.0. The van der Waals surface area contributed by atoms with Crippen molar-refractivity contribution in [2.24, 2.45) is 0 Å². The molecule has 0 fully saturated rings. The van der Waals surface area contributed by atoms with Crippen LogP contribution in [0.3, 0.4) is 0 Å². The Kier molecular flexibility index (Phi) is 5.15. The number of aliphatic hydroxyl groups excluding tert-OH is 1. The molecule has 2 atom stereocenters. The summed E-state index contributed by atoms with van der Waals surface area (Å²) in [5.74, 6) is 0. The van der Waals surface area contributed by atoms with Crippen molar-refractivity contribution in [3.8, 4) is 0 Å². The molecule has 0 spiro atoms. The molecule has 2 aromatic carbocycles. The fourth-order valence-corrected chi connectivity index (χ4v) is 2.69. The minimum absolute atomic E-state index is 0.164. The van der Waals surface area contributed by atoms with Crippen LogP contribution in [-0.2, 0) is 0 Å². The van der Waals surface area contributed by atoms with E-state index >= 15 is 0 Å². The highest BCUT2D eigenvalue weighted by Crippen LogP contribution is 2.33. The largest absolute Gasteiger partial charge is 0.389 e. The van der Waals surface area contributed by atoms with Gasteiger partial charge < -0.3 is 10.0 Å². The molecular weight excluding hydrogens is 305 g/mol. The molecule has 0 aromatic heterocycles. The van der Waals surface area contributed by atoms with Crippen molar-refractivity contribution in [2.45, 2.75) is 26.0 Å². The Bertz CT molecular complexity index is 611. The lowest BCUT2D eigenvalue weighted by molar-refractivity contribution is 0.199. The standard InChI is InChI=1S/C17H19Cl2NO/c1-11(13-4-7-15(18)8-5-13)20(3)17-9-6-14(12(2)21)10-16(17)19/h4-12,21H,1-3H3/t11?,12-/m1/s1. The van der Waals surface area contributed by atoms with Crippen LogP contribution in [0.1, 0.15) is 37.1 Å². The zero-order valence-electron chi connectivity index (χ0n) is 12.3. The van der Waals surface area contributed by atoms with Gasteiger partial charge in [0.1, 0.15) is 0 Å². The Labute approximate surface area is 135 Å². The number of anilines is 1. The van der Waals surface area contributed by atoms with Gasteiger partial charge in [0.15, 0.2) is 0 Å². The molecule has 0 aliphatic rings. The maximum atomic E-state index is 9.61. The molecule has 0 radical (unpaired) electrons. The van der Waals surface area contributed by atoms with Gasteiger partial charge in [0.25, 0.3) is 0 Å². The van der Waals surface area contributed by atoms with Crippen molar-refractivity contribution in [3.63, 3.8) is 0 Å². The van der Waals surface area contributed by atoms with Gasteiger partial charge in [-0.3, -0.25) is 0 Å². The van der Waals surface area contributed by atoms with Crippen LogP contribution in [0, 0.1) is 0 Å². The third-order valence-electron chi connectivity index (χ3n) is 3.77. The van der Waals surface area contributed by atoms with Crippen molar-refractivity contribution >= 4 is 28.9 Å². The van der Waals surface area contributed by atoms with Crippen molar-refractivity contribution in [2.75, 3.05) is 11.9 Å². The zero-order valence-corrected chi connectivity index (χ0v) is 13.9. The van der Waals surface area contributed by atoms with Crippen molar-refractivity contribution in [1.82, 2.24) is 0 Å². The minimum atomic E-state index is -0.518. The molecule has 0 saturated carbocycles. The van der Waals surface area contributed by atoms with Crippen LogP contribution in [0.15, 0.2) is 42.5 Å². The highest BCUT2D eigenvalue weighted by Gasteiger charge is 2.15. The average molecular weight is 324 g/mol. The number of hydrogen-bond donors (Lipinski definition) is 1. The van der Waals surface area contributed by atoms with Gasteiger partial charge >= 0.3 is 0 Å². The Morgan fingerprint density at radius 3 is 2.05 bits per heavy atom. The Hall–Kier alpha value is -1.22. The van der Waals surface area contributed by atoms with Crippen LogP contribution in [0.4, 0.5) is 5.69 Å². The van der Waals surface area contributed by atoms with E-state index in [9.17, 15) is 5.11 Å². The van der Waals surface area contributed by atoms with E-state index < -0.39 is 6.10 Å². The number of halogens is 2. The van der Waals surface area contributed by atoms with Gasteiger partial charge in [0.2, 0.25) is 0 Å². The first kappa shape index (κ1) is 16.2. The van der Waals surface area contributed by atoms with E-state index in [0.717, 1.165) is 21.8 Å². The second-order valence-corrected chi connectivity index (χ2v) is 6.07. The highest BCUT2D eigenvalue weighted by atomic mass is 35.5. The summed E-state index contributed by atoms with van der Waals surface area (Å²) in [6.07, 6.45) is -0.518. The fourth-order valence-electron chi connectivity index (χ4n) is 2.24. The van der Waals surface area contributed by atoms with E-state index in [0.29, 0.717) is 5.02 Å². The lowest BCUT2D eigenvalue weighted by Gasteiger charge is -2.28. The van der Waals surface area contributed by atoms with Crippen molar-refractivity contribution in [1.29, 1.82) is 0 Å². The van der Waals surface area contributed by atoms with Crippen LogP contribution in [0.25, 0.3) is 0 Å². The lowest BCUT2D eigenvalue weighted by Crippen LogP contribution is -2.22. The lowest BCUT2D eigenvalue weighted by atomic mass is 10.1. The number of aliphatic hydroxyl groups is 1. The second kappa shape index (κ2) is 6.69. The minimum Gasteiger partial charge on any atom is -0.389 e. The number of nitrogens with zero attached hydrogens (tertiary/aromatic N) is 1. The summed E-state index contributed by atoms with van der Waals surface area (Å²) in [7, 11) is 2.00. The van der Waals surface area contributed by atoms with E-state index in [4.69, 9.17) is 23.2 Å². The van der Waals surface area contributed by atoms with Crippen LogP contribution < -0.4 is 4.90 Å². The van der Waals surface area contributed by atoms with Crippen molar-refractivity contribution in [3.05, 3.63) is 63.6 Å². The number of benzene rings is 2. The van der Waals surface area contributed by atoms with Gasteiger partial charge in [-0.05, 0) is 49.2 Å². The molecule has 21 heavy (non-hydrogen) atoms. The van der Waals surface area contributed by atoms with Gasteiger partial charge in [-0.15, -0.1) is 0 Å². The Morgan fingerprint density at radius 2 is 1.52 bits per heavy atom. The van der Waals surface area contributed by atoms with E-state index in [1.165, 1.54) is 0 Å². The molecule has 2 rings (SSSR count). The van der Waals surface area contributed by atoms with Gasteiger partial charge in [0, 0.05) is 12.1 Å². The van der Waals surface area contributed by atoms with E-state index in [1.54, 1.807) is 6.92 Å². The average Bonchev–Trinajstić information content (AvgIpc) is 2.46. The molecule has 112 valence electrons. The quantitative estimate of drug-likeness (QED) is 0.831. The van der Waals surface area contributed by atoms with Crippen LogP contribution in [-0.4, -0.2) is 12.2 Å². The first-order chi connectivity index (χ1) is 9.90. The predicted molar refractivity (Wildman–Crippen MR) is 90.4 cm³/mol. The summed E-state index contributed by atoms with van der Waals surface area (Å²) < 4.78 is 0. The van der Waals surface area contributed by atoms with Gasteiger partial charge in [-0.2, -0.15) is 0 Å². The molecule has 1 N–H and O–H groups in total. The number of rotatable bonds is 4. The molecule has 0 saturated heterocycles. The monoisotopic (exact) mass is 323 g/mol.